The molecule has 0 saturated heterocycles. The minimum absolute atomic E-state index is 0.0782. The summed E-state index contributed by atoms with van der Waals surface area (Å²) >= 11 is 0. The Morgan fingerprint density at radius 3 is 2.31 bits per heavy atom. The fourth-order valence-corrected chi connectivity index (χ4v) is 2.19. The second-order valence-corrected chi connectivity index (χ2v) is 5.35. The van der Waals surface area contributed by atoms with E-state index in [0.29, 0.717) is 5.75 Å². The summed E-state index contributed by atoms with van der Waals surface area (Å²) in [4.78, 5) is 26.4. The highest BCUT2D eigenvalue weighted by molar-refractivity contribution is 5.91. The number of nitro groups is 1. The van der Waals surface area contributed by atoms with Crippen LogP contribution in [0.2, 0.25) is 0 Å². The van der Waals surface area contributed by atoms with E-state index in [9.17, 15) is 14.9 Å². The number of hydrogen-bond acceptors (Lipinski definition) is 5. The van der Waals surface area contributed by atoms with E-state index in [2.05, 4.69) is 4.98 Å². The van der Waals surface area contributed by atoms with Crippen molar-refractivity contribution in [2.24, 2.45) is 0 Å². The number of non-ortho nitro benzene ring substituents is 1. The summed E-state index contributed by atoms with van der Waals surface area (Å²) in [7, 11) is 0. The molecule has 6 heteroatoms. The standard InChI is InChI=1S/C20H14N2O4/c23-20(16-7-10-18(11-8-16)22(24)25)26-19-12-5-15(6-13-19)4-9-17-3-1-2-14-21-17/h1-14H/b9-4+. The Bertz CT molecular complexity index is 934. The van der Waals surface area contributed by atoms with E-state index in [1.165, 1.54) is 24.3 Å². The molecule has 1 aromatic heterocycles. The normalized spacial score (nSPS) is 10.6. The van der Waals surface area contributed by atoms with Crippen molar-refractivity contribution in [1.29, 1.82) is 0 Å². The molecule has 0 unspecified atom stereocenters. The van der Waals surface area contributed by atoms with Crippen LogP contribution in [-0.2, 0) is 0 Å². The van der Waals surface area contributed by atoms with Crippen LogP contribution in [0.25, 0.3) is 12.2 Å². The lowest BCUT2D eigenvalue weighted by atomic mass is 10.2. The number of carbonyl (C=O) groups is 1. The van der Waals surface area contributed by atoms with Crippen molar-refractivity contribution in [3.05, 3.63) is 99.9 Å². The van der Waals surface area contributed by atoms with Gasteiger partial charge in [0.25, 0.3) is 5.69 Å². The van der Waals surface area contributed by atoms with Gasteiger partial charge in [-0.2, -0.15) is 0 Å². The maximum atomic E-state index is 12.1. The van der Waals surface area contributed by atoms with Crippen LogP contribution in [0.3, 0.4) is 0 Å². The van der Waals surface area contributed by atoms with Crippen LogP contribution in [0.1, 0.15) is 21.6 Å². The molecule has 1 heterocycles. The largest absolute Gasteiger partial charge is 0.423 e. The van der Waals surface area contributed by atoms with E-state index in [4.69, 9.17) is 4.74 Å². The third-order valence-electron chi connectivity index (χ3n) is 3.54. The van der Waals surface area contributed by atoms with E-state index >= 15 is 0 Å². The Hall–Kier alpha value is -3.80. The third kappa shape index (κ3) is 4.39. The van der Waals surface area contributed by atoms with Crippen LogP contribution in [0.15, 0.2) is 72.9 Å². The number of nitrogens with zero attached hydrogens (tertiary/aromatic N) is 2. The highest BCUT2D eigenvalue weighted by Gasteiger charge is 2.11. The second-order valence-electron chi connectivity index (χ2n) is 5.35. The maximum Gasteiger partial charge on any atom is 0.343 e. The molecule has 3 aromatic rings. The first-order valence-electron chi connectivity index (χ1n) is 7.78. The molecule has 0 bridgehead atoms. The number of nitro benzene ring substituents is 1. The molecule has 2 aromatic carbocycles. The summed E-state index contributed by atoms with van der Waals surface area (Å²) in [5, 5.41) is 10.6. The topological polar surface area (TPSA) is 82.3 Å². The predicted molar refractivity (Wildman–Crippen MR) is 97.7 cm³/mol. The number of aromatic nitrogens is 1. The van der Waals surface area contributed by atoms with Crippen molar-refractivity contribution in [2.75, 3.05) is 0 Å². The van der Waals surface area contributed by atoms with Gasteiger partial charge in [0, 0.05) is 18.3 Å². The minimum Gasteiger partial charge on any atom is -0.423 e. The molecule has 0 aliphatic heterocycles. The van der Waals surface area contributed by atoms with Gasteiger partial charge in [0.2, 0.25) is 0 Å². The number of pyridine rings is 1. The lowest BCUT2D eigenvalue weighted by Crippen LogP contribution is -2.08. The lowest BCUT2D eigenvalue weighted by Gasteiger charge is -2.04. The summed E-state index contributed by atoms with van der Waals surface area (Å²) in [5.41, 5.74) is 1.95. The first-order valence-corrected chi connectivity index (χ1v) is 7.78. The zero-order chi connectivity index (χ0) is 18.4. The lowest BCUT2D eigenvalue weighted by molar-refractivity contribution is -0.384. The van der Waals surface area contributed by atoms with E-state index < -0.39 is 10.9 Å². The molecular weight excluding hydrogens is 332 g/mol. The zero-order valence-electron chi connectivity index (χ0n) is 13.6. The number of esters is 1. The van der Waals surface area contributed by atoms with Gasteiger partial charge in [0.1, 0.15) is 5.75 Å². The van der Waals surface area contributed by atoms with Gasteiger partial charge in [-0.1, -0.05) is 24.3 Å². The van der Waals surface area contributed by atoms with Gasteiger partial charge in [0.15, 0.2) is 0 Å². The van der Waals surface area contributed by atoms with Gasteiger partial charge in [-0.05, 0) is 48.0 Å². The quantitative estimate of drug-likeness (QED) is 0.296. The highest BCUT2D eigenvalue weighted by Crippen LogP contribution is 2.17. The first-order chi connectivity index (χ1) is 12.6. The molecular formula is C20H14N2O4. The summed E-state index contributed by atoms with van der Waals surface area (Å²) in [6.07, 6.45) is 5.52. The van der Waals surface area contributed by atoms with Gasteiger partial charge in [0.05, 0.1) is 16.2 Å². The average Bonchev–Trinajstić information content (AvgIpc) is 2.68. The van der Waals surface area contributed by atoms with E-state index in [0.717, 1.165) is 11.3 Å². The minimum atomic E-state index is -0.573. The summed E-state index contributed by atoms with van der Waals surface area (Å²) in [5.74, 6) is -0.181. The summed E-state index contributed by atoms with van der Waals surface area (Å²) < 4.78 is 5.27. The van der Waals surface area contributed by atoms with Gasteiger partial charge in [-0.3, -0.25) is 15.1 Å². The van der Waals surface area contributed by atoms with Gasteiger partial charge in [-0.25, -0.2) is 4.79 Å². The average molecular weight is 346 g/mol. The van der Waals surface area contributed by atoms with Crippen LogP contribution >= 0.6 is 0 Å². The molecule has 0 atom stereocenters. The van der Waals surface area contributed by atoms with E-state index in [1.54, 1.807) is 18.3 Å². The molecule has 128 valence electrons. The van der Waals surface area contributed by atoms with Crippen LogP contribution in [0.5, 0.6) is 5.75 Å². The fourth-order valence-electron chi connectivity index (χ4n) is 2.19. The van der Waals surface area contributed by atoms with Gasteiger partial charge >= 0.3 is 5.97 Å². The molecule has 0 aliphatic rings. The van der Waals surface area contributed by atoms with Crippen LogP contribution < -0.4 is 4.74 Å². The van der Waals surface area contributed by atoms with Crippen molar-refractivity contribution in [3.8, 4) is 5.75 Å². The Morgan fingerprint density at radius 2 is 1.69 bits per heavy atom. The number of rotatable bonds is 5. The monoisotopic (exact) mass is 346 g/mol. The van der Waals surface area contributed by atoms with Crippen molar-refractivity contribution in [3.63, 3.8) is 0 Å². The number of carbonyl (C=O) groups excluding carboxylic acids is 1. The molecule has 0 aliphatic carbocycles. The van der Waals surface area contributed by atoms with Crippen molar-refractivity contribution in [1.82, 2.24) is 4.98 Å². The van der Waals surface area contributed by atoms with E-state index in [1.807, 2.05) is 42.5 Å². The molecule has 6 nitrogen and oxygen atoms in total. The Labute approximate surface area is 149 Å². The van der Waals surface area contributed by atoms with Crippen molar-refractivity contribution in [2.45, 2.75) is 0 Å². The molecule has 3 rings (SSSR count). The molecule has 0 spiro atoms. The number of benzene rings is 2. The van der Waals surface area contributed by atoms with Crippen LogP contribution in [-0.4, -0.2) is 15.9 Å². The second kappa shape index (κ2) is 7.85. The number of ether oxygens (including phenoxy) is 1. The highest BCUT2D eigenvalue weighted by atomic mass is 16.6. The fraction of sp³-hybridized carbons (Fsp3) is 0. The van der Waals surface area contributed by atoms with Crippen molar-refractivity contribution < 1.29 is 14.5 Å². The van der Waals surface area contributed by atoms with Gasteiger partial charge < -0.3 is 4.74 Å². The Kier molecular flexibility index (Phi) is 5.14. The molecule has 0 amide bonds. The Balaban J connectivity index is 1.64. The summed E-state index contributed by atoms with van der Waals surface area (Å²) in [6, 6.07) is 17.9. The smallest absolute Gasteiger partial charge is 0.343 e. The zero-order valence-corrected chi connectivity index (χ0v) is 13.6. The molecule has 0 fully saturated rings. The molecule has 0 N–H and O–H groups in total. The predicted octanol–water partition coefficient (Wildman–Crippen LogP) is 4.38. The Morgan fingerprint density at radius 1 is 0.962 bits per heavy atom. The summed E-state index contributed by atoms with van der Waals surface area (Å²) in [6.45, 7) is 0. The molecule has 26 heavy (non-hydrogen) atoms. The van der Waals surface area contributed by atoms with Crippen molar-refractivity contribution >= 4 is 23.8 Å². The number of hydrogen-bond donors (Lipinski definition) is 0. The molecule has 0 saturated carbocycles. The van der Waals surface area contributed by atoms with E-state index in [-0.39, 0.29) is 11.3 Å². The van der Waals surface area contributed by atoms with Gasteiger partial charge in [-0.15, -0.1) is 0 Å². The van der Waals surface area contributed by atoms with Crippen LogP contribution in [0, 0.1) is 10.1 Å². The molecule has 0 radical (unpaired) electrons. The SMILES string of the molecule is O=C(Oc1ccc(/C=C/c2ccccn2)cc1)c1ccc([N+](=O)[O-])cc1. The first kappa shape index (κ1) is 17.0. The third-order valence-corrected chi connectivity index (χ3v) is 3.54. The maximum absolute atomic E-state index is 12.1. The van der Waals surface area contributed by atoms with Crippen LogP contribution in [0.4, 0.5) is 5.69 Å².